The molecule has 2 nitrogen and oxygen atoms in total. The van der Waals surface area contributed by atoms with Crippen LogP contribution in [0.1, 0.15) is 38.8 Å². The molecule has 0 amide bonds. The van der Waals surface area contributed by atoms with Crippen LogP contribution < -0.4 is 5.32 Å². The van der Waals surface area contributed by atoms with Crippen LogP contribution in [0.3, 0.4) is 0 Å². The van der Waals surface area contributed by atoms with Crippen LogP contribution in [0.4, 0.5) is 0 Å². The fourth-order valence-corrected chi connectivity index (χ4v) is 2.96. The van der Waals surface area contributed by atoms with Crippen LogP contribution in [-0.4, -0.2) is 30.1 Å². The fraction of sp³-hybridized carbons (Fsp3) is 0.600. The van der Waals surface area contributed by atoms with Crippen LogP contribution in [0, 0.1) is 0 Å². The maximum absolute atomic E-state index is 5.97. The van der Waals surface area contributed by atoms with Crippen molar-refractivity contribution in [3.05, 3.63) is 34.9 Å². The summed E-state index contributed by atoms with van der Waals surface area (Å²) in [5.41, 5.74) is 1.38. The minimum absolute atomic E-state index is 0. The first kappa shape index (κ1) is 16.8. The smallest absolute Gasteiger partial charge is 0.0406 e. The monoisotopic (exact) mass is 302 g/mol. The molecule has 0 spiro atoms. The summed E-state index contributed by atoms with van der Waals surface area (Å²) >= 11 is 5.97. The SMILES string of the molecule is CCC(c1ccc(Cl)cc1)N1C[C@H](C)NC[C@H]1C.Cl. The van der Waals surface area contributed by atoms with Gasteiger partial charge in [0.15, 0.2) is 0 Å². The molecule has 0 aliphatic carbocycles. The summed E-state index contributed by atoms with van der Waals surface area (Å²) < 4.78 is 0. The largest absolute Gasteiger partial charge is 0.311 e. The van der Waals surface area contributed by atoms with Gasteiger partial charge >= 0.3 is 0 Å². The highest BCUT2D eigenvalue weighted by Gasteiger charge is 2.28. The number of rotatable bonds is 3. The zero-order chi connectivity index (χ0) is 13.1. The molecule has 3 atom stereocenters. The van der Waals surface area contributed by atoms with E-state index in [1.165, 1.54) is 5.56 Å². The number of hydrogen-bond donors (Lipinski definition) is 1. The second-order valence-electron chi connectivity index (χ2n) is 5.33. The number of benzene rings is 1. The molecule has 108 valence electrons. The lowest BCUT2D eigenvalue weighted by Crippen LogP contribution is -2.55. The summed E-state index contributed by atoms with van der Waals surface area (Å²) in [4.78, 5) is 2.62. The van der Waals surface area contributed by atoms with Gasteiger partial charge in [-0.25, -0.2) is 0 Å². The predicted molar refractivity (Wildman–Crippen MR) is 85.4 cm³/mol. The van der Waals surface area contributed by atoms with Crippen LogP contribution in [0.25, 0.3) is 0 Å². The third-order valence-corrected chi connectivity index (χ3v) is 4.11. The third-order valence-electron chi connectivity index (χ3n) is 3.85. The molecule has 1 aliphatic heterocycles. The molecule has 1 saturated heterocycles. The molecule has 1 aromatic rings. The van der Waals surface area contributed by atoms with Crippen molar-refractivity contribution in [2.75, 3.05) is 13.1 Å². The standard InChI is InChI=1S/C15H23ClN2.ClH/c1-4-15(13-5-7-14(16)8-6-13)18-10-11(2)17-9-12(18)3;/h5-8,11-12,15,17H,4,9-10H2,1-3H3;1H/t11-,12+,15?;/m0./s1. The van der Waals surface area contributed by atoms with E-state index in [1.807, 2.05) is 12.1 Å². The number of hydrogen-bond acceptors (Lipinski definition) is 2. The Hall–Kier alpha value is -0.280. The van der Waals surface area contributed by atoms with Crippen molar-refractivity contribution >= 4 is 24.0 Å². The fourth-order valence-electron chi connectivity index (χ4n) is 2.83. The topological polar surface area (TPSA) is 15.3 Å². The summed E-state index contributed by atoms with van der Waals surface area (Å²) in [6.07, 6.45) is 1.14. The maximum atomic E-state index is 5.97. The molecule has 19 heavy (non-hydrogen) atoms. The Balaban J connectivity index is 0.00000180. The first-order chi connectivity index (χ1) is 8.61. The van der Waals surface area contributed by atoms with Gasteiger partial charge in [-0.1, -0.05) is 30.7 Å². The third kappa shape index (κ3) is 4.09. The molecule has 1 unspecified atom stereocenters. The van der Waals surface area contributed by atoms with Crippen LogP contribution in [0.2, 0.25) is 5.02 Å². The van der Waals surface area contributed by atoms with Crippen LogP contribution >= 0.6 is 24.0 Å². The van der Waals surface area contributed by atoms with E-state index in [0.717, 1.165) is 24.5 Å². The van der Waals surface area contributed by atoms with Crippen molar-refractivity contribution in [2.24, 2.45) is 0 Å². The molecule has 0 bridgehead atoms. The Kier molecular flexibility index (Phi) is 6.61. The lowest BCUT2D eigenvalue weighted by atomic mass is 9.99. The molecule has 0 aromatic heterocycles. The van der Waals surface area contributed by atoms with Gasteiger partial charge < -0.3 is 5.32 Å². The highest BCUT2D eigenvalue weighted by Crippen LogP contribution is 2.28. The summed E-state index contributed by atoms with van der Waals surface area (Å²) in [6, 6.07) is 9.98. The van der Waals surface area contributed by atoms with Gasteiger partial charge in [-0.3, -0.25) is 4.90 Å². The molecule has 1 N–H and O–H groups in total. The number of halogens is 2. The van der Waals surface area contributed by atoms with E-state index in [4.69, 9.17) is 11.6 Å². The van der Waals surface area contributed by atoms with Crippen LogP contribution in [0.15, 0.2) is 24.3 Å². The maximum Gasteiger partial charge on any atom is 0.0406 e. The van der Waals surface area contributed by atoms with E-state index in [-0.39, 0.29) is 12.4 Å². The molecule has 1 heterocycles. The van der Waals surface area contributed by atoms with Gasteiger partial charge in [0, 0.05) is 36.2 Å². The van der Waals surface area contributed by atoms with E-state index in [2.05, 4.69) is 43.1 Å². The lowest BCUT2D eigenvalue weighted by Gasteiger charge is -2.42. The van der Waals surface area contributed by atoms with Crippen LogP contribution in [0.5, 0.6) is 0 Å². The number of nitrogens with zero attached hydrogens (tertiary/aromatic N) is 1. The van der Waals surface area contributed by atoms with E-state index < -0.39 is 0 Å². The van der Waals surface area contributed by atoms with Gasteiger partial charge in [0.2, 0.25) is 0 Å². The summed E-state index contributed by atoms with van der Waals surface area (Å²) in [6.45, 7) is 9.01. The van der Waals surface area contributed by atoms with E-state index in [0.29, 0.717) is 18.1 Å². The van der Waals surface area contributed by atoms with E-state index >= 15 is 0 Å². The average molecular weight is 303 g/mol. The summed E-state index contributed by atoms with van der Waals surface area (Å²) in [7, 11) is 0. The van der Waals surface area contributed by atoms with Gasteiger partial charge in [0.1, 0.15) is 0 Å². The van der Waals surface area contributed by atoms with Gasteiger partial charge in [-0.2, -0.15) is 0 Å². The second kappa shape index (κ2) is 7.49. The van der Waals surface area contributed by atoms with Gasteiger partial charge in [0.05, 0.1) is 0 Å². The molecule has 1 fully saturated rings. The van der Waals surface area contributed by atoms with Crippen molar-refractivity contribution in [1.29, 1.82) is 0 Å². The minimum Gasteiger partial charge on any atom is -0.311 e. The highest BCUT2D eigenvalue weighted by molar-refractivity contribution is 6.30. The van der Waals surface area contributed by atoms with E-state index in [1.54, 1.807) is 0 Å². The van der Waals surface area contributed by atoms with Crippen molar-refractivity contribution < 1.29 is 0 Å². The Morgan fingerprint density at radius 2 is 1.95 bits per heavy atom. The van der Waals surface area contributed by atoms with E-state index in [9.17, 15) is 0 Å². The Morgan fingerprint density at radius 1 is 1.32 bits per heavy atom. The van der Waals surface area contributed by atoms with Gasteiger partial charge in [-0.15, -0.1) is 12.4 Å². The molecule has 1 aromatic carbocycles. The van der Waals surface area contributed by atoms with Crippen molar-refractivity contribution in [3.8, 4) is 0 Å². The molecule has 1 aliphatic rings. The van der Waals surface area contributed by atoms with Crippen molar-refractivity contribution in [2.45, 2.75) is 45.3 Å². The van der Waals surface area contributed by atoms with Gasteiger partial charge in [0.25, 0.3) is 0 Å². The molecule has 0 radical (unpaired) electrons. The average Bonchev–Trinajstić information content (AvgIpc) is 2.37. The zero-order valence-electron chi connectivity index (χ0n) is 11.9. The summed E-state index contributed by atoms with van der Waals surface area (Å²) in [5, 5.41) is 4.35. The van der Waals surface area contributed by atoms with Crippen LogP contribution in [-0.2, 0) is 0 Å². The van der Waals surface area contributed by atoms with Crippen molar-refractivity contribution in [3.63, 3.8) is 0 Å². The van der Waals surface area contributed by atoms with Gasteiger partial charge in [-0.05, 0) is 38.0 Å². The van der Waals surface area contributed by atoms with Crippen molar-refractivity contribution in [1.82, 2.24) is 10.2 Å². The number of nitrogens with one attached hydrogen (secondary N) is 1. The number of piperazine rings is 1. The highest BCUT2D eigenvalue weighted by atomic mass is 35.5. The first-order valence-electron chi connectivity index (χ1n) is 6.86. The molecule has 4 heteroatoms. The summed E-state index contributed by atoms with van der Waals surface area (Å²) in [5.74, 6) is 0. The Morgan fingerprint density at radius 3 is 2.53 bits per heavy atom. The minimum atomic E-state index is 0. The zero-order valence-corrected chi connectivity index (χ0v) is 13.5. The Labute approximate surface area is 127 Å². The molecular formula is C15H24Cl2N2. The molecule has 2 rings (SSSR count). The Bertz CT molecular complexity index is 380. The normalized spacial score (nSPS) is 25.7. The predicted octanol–water partition coefficient (Wildman–Crippen LogP) is 3.90. The first-order valence-corrected chi connectivity index (χ1v) is 7.24. The molecular weight excluding hydrogens is 279 g/mol. The second-order valence-corrected chi connectivity index (χ2v) is 5.77. The lowest BCUT2D eigenvalue weighted by molar-refractivity contribution is 0.0921. The quantitative estimate of drug-likeness (QED) is 0.911. The molecule has 0 saturated carbocycles.